The standard InChI is InChI=1S/C38H26BN2O/c1-22-20-28(36-33(21-22)41-32-16-7-4-11-24(32)26-13-9-14-29(39-36)37(26)41)35-31(40-30-15-6-3-10-23(30)2)19-18-27-25-12-5-8-17-34(25)42-38(27)35/h3-21,40H,1-2H3. The third kappa shape index (κ3) is 3.24. The van der Waals surface area contributed by atoms with E-state index in [4.69, 9.17) is 4.42 Å². The minimum atomic E-state index is 0.899. The number of aromatic nitrogens is 1. The van der Waals surface area contributed by atoms with E-state index in [0.29, 0.717) is 0 Å². The van der Waals surface area contributed by atoms with Crippen LogP contribution in [0.3, 0.4) is 0 Å². The van der Waals surface area contributed by atoms with Gasteiger partial charge >= 0.3 is 0 Å². The highest BCUT2D eigenvalue weighted by Gasteiger charge is 2.28. The first-order chi connectivity index (χ1) is 20.7. The Morgan fingerprint density at radius 2 is 1.45 bits per heavy atom. The van der Waals surface area contributed by atoms with E-state index >= 15 is 0 Å². The van der Waals surface area contributed by atoms with Gasteiger partial charge in [-0.2, -0.15) is 0 Å². The number of para-hydroxylation sites is 4. The number of rotatable bonds is 3. The van der Waals surface area contributed by atoms with Crippen LogP contribution in [-0.4, -0.2) is 11.8 Å². The molecule has 42 heavy (non-hydrogen) atoms. The van der Waals surface area contributed by atoms with Crippen LogP contribution in [0.5, 0.6) is 0 Å². The average Bonchev–Trinajstić information content (AvgIpc) is 3.56. The number of nitrogens with zero attached hydrogens (tertiary/aromatic N) is 1. The lowest BCUT2D eigenvalue weighted by Crippen LogP contribution is -2.37. The molecule has 0 aliphatic carbocycles. The van der Waals surface area contributed by atoms with Crippen molar-refractivity contribution in [3.8, 4) is 16.8 Å². The predicted molar refractivity (Wildman–Crippen MR) is 178 cm³/mol. The number of furan rings is 1. The van der Waals surface area contributed by atoms with E-state index in [1.165, 1.54) is 49.5 Å². The second-order valence-corrected chi connectivity index (χ2v) is 11.4. The molecular formula is C38H26BN2O. The zero-order valence-electron chi connectivity index (χ0n) is 23.4. The quantitative estimate of drug-likeness (QED) is 0.229. The van der Waals surface area contributed by atoms with Gasteiger partial charge in [-0.15, -0.1) is 0 Å². The number of benzene rings is 6. The molecule has 0 bridgehead atoms. The van der Waals surface area contributed by atoms with Crippen molar-refractivity contribution in [2.45, 2.75) is 13.8 Å². The molecule has 3 heterocycles. The molecule has 0 fully saturated rings. The second kappa shape index (κ2) is 8.64. The van der Waals surface area contributed by atoms with Gasteiger partial charge in [0, 0.05) is 44.0 Å². The van der Waals surface area contributed by atoms with Gasteiger partial charge in [0.25, 0.3) is 0 Å². The van der Waals surface area contributed by atoms with Crippen molar-refractivity contribution in [3.05, 3.63) is 126 Å². The molecule has 1 aliphatic heterocycles. The van der Waals surface area contributed by atoms with Crippen molar-refractivity contribution in [1.82, 2.24) is 4.57 Å². The van der Waals surface area contributed by atoms with Gasteiger partial charge in [0.1, 0.15) is 11.2 Å². The van der Waals surface area contributed by atoms with Crippen molar-refractivity contribution < 1.29 is 4.42 Å². The fourth-order valence-corrected chi connectivity index (χ4v) is 6.91. The minimum Gasteiger partial charge on any atom is -0.455 e. The lowest BCUT2D eigenvalue weighted by molar-refractivity contribution is 0.670. The molecule has 2 aromatic heterocycles. The van der Waals surface area contributed by atoms with E-state index in [9.17, 15) is 0 Å². The highest BCUT2D eigenvalue weighted by Crippen LogP contribution is 2.43. The molecule has 9 rings (SSSR count). The zero-order chi connectivity index (χ0) is 27.9. The van der Waals surface area contributed by atoms with Crippen LogP contribution in [0.1, 0.15) is 11.1 Å². The summed E-state index contributed by atoms with van der Waals surface area (Å²) in [5.41, 5.74) is 14.7. The number of anilines is 2. The maximum atomic E-state index is 6.70. The molecule has 197 valence electrons. The highest BCUT2D eigenvalue weighted by molar-refractivity contribution is 6.73. The average molecular weight is 537 g/mol. The maximum Gasteiger partial charge on any atom is 0.197 e. The Kier molecular flexibility index (Phi) is 4.83. The van der Waals surface area contributed by atoms with E-state index in [-0.39, 0.29) is 0 Å². The Hall–Kier alpha value is -5.22. The molecule has 4 heteroatoms. The Balaban J connectivity index is 1.40. The summed E-state index contributed by atoms with van der Waals surface area (Å²) in [5, 5.41) is 8.60. The van der Waals surface area contributed by atoms with Crippen LogP contribution in [0.2, 0.25) is 0 Å². The summed E-state index contributed by atoms with van der Waals surface area (Å²) in [6, 6.07) is 41.2. The lowest BCUT2D eigenvalue weighted by Gasteiger charge is -2.25. The maximum absolute atomic E-state index is 6.70. The number of hydrogen-bond acceptors (Lipinski definition) is 2. The Bertz CT molecular complexity index is 2390. The predicted octanol–water partition coefficient (Wildman–Crippen LogP) is 8.68. The lowest BCUT2D eigenvalue weighted by atomic mass is 9.59. The van der Waals surface area contributed by atoms with E-state index in [0.717, 1.165) is 44.4 Å². The fraction of sp³-hybridized carbons (Fsp3) is 0.0526. The highest BCUT2D eigenvalue weighted by atomic mass is 16.3. The molecule has 8 aromatic rings. The SMILES string of the molecule is Cc1cc(-c2c(Nc3ccccc3C)ccc3c2oc2ccccc23)c2c(c1)-n1c3ccccc3c3cccc(c31)[B]2. The molecule has 0 saturated heterocycles. The van der Waals surface area contributed by atoms with Gasteiger partial charge in [-0.25, -0.2) is 0 Å². The first-order valence-corrected chi connectivity index (χ1v) is 14.4. The summed E-state index contributed by atoms with van der Waals surface area (Å²) in [5.74, 6) is 0. The van der Waals surface area contributed by atoms with Gasteiger partial charge < -0.3 is 14.3 Å². The zero-order valence-corrected chi connectivity index (χ0v) is 23.4. The van der Waals surface area contributed by atoms with Crippen molar-refractivity contribution in [3.63, 3.8) is 0 Å². The van der Waals surface area contributed by atoms with Crippen molar-refractivity contribution in [1.29, 1.82) is 0 Å². The third-order valence-electron chi connectivity index (χ3n) is 8.80. The van der Waals surface area contributed by atoms with Gasteiger partial charge in [0.2, 0.25) is 0 Å². The van der Waals surface area contributed by atoms with Crippen molar-refractivity contribution >= 4 is 73.3 Å². The third-order valence-corrected chi connectivity index (χ3v) is 8.80. The van der Waals surface area contributed by atoms with Crippen LogP contribution in [0.15, 0.2) is 120 Å². The smallest absolute Gasteiger partial charge is 0.197 e. The van der Waals surface area contributed by atoms with Gasteiger partial charge in [-0.05, 0) is 72.4 Å². The summed E-state index contributed by atoms with van der Waals surface area (Å²) in [7, 11) is 2.37. The number of nitrogens with one attached hydrogen (secondary N) is 1. The monoisotopic (exact) mass is 537 g/mol. The van der Waals surface area contributed by atoms with Crippen LogP contribution in [0.25, 0.3) is 60.6 Å². The fourth-order valence-electron chi connectivity index (χ4n) is 6.91. The first kappa shape index (κ1) is 23.5. The van der Waals surface area contributed by atoms with Gasteiger partial charge in [0.05, 0.1) is 11.2 Å². The molecule has 0 saturated carbocycles. The largest absolute Gasteiger partial charge is 0.455 e. The van der Waals surface area contributed by atoms with Crippen molar-refractivity contribution in [2.24, 2.45) is 0 Å². The topological polar surface area (TPSA) is 30.1 Å². The molecular weight excluding hydrogens is 511 g/mol. The van der Waals surface area contributed by atoms with E-state index in [1.54, 1.807) is 0 Å². The van der Waals surface area contributed by atoms with Crippen LogP contribution in [0.4, 0.5) is 11.4 Å². The van der Waals surface area contributed by atoms with Gasteiger partial charge in [-0.1, -0.05) is 84.3 Å². The normalized spacial score (nSPS) is 12.2. The summed E-state index contributed by atoms with van der Waals surface area (Å²) in [6.45, 7) is 4.34. The Morgan fingerprint density at radius 3 is 2.36 bits per heavy atom. The summed E-state index contributed by atoms with van der Waals surface area (Å²) in [6.07, 6.45) is 0. The summed E-state index contributed by atoms with van der Waals surface area (Å²) < 4.78 is 9.16. The molecule has 0 amide bonds. The minimum absolute atomic E-state index is 0.899. The van der Waals surface area contributed by atoms with Gasteiger partial charge in [-0.3, -0.25) is 0 Å². The first-order valence-electron chi connectivity index (χ1n) is 14.4. The van der Waals surface area contributed by atoms with Gasteiger partial charge in [0.15, 0.2) is 7.28 Å². The molecule has 0 atom stereocenters. The molecule has 3 nitrogen and oxygen atoms in total. The summed E-state index contributed by atoms with van der Waals surface area (Å²) in [4.78, 5) is 0. The number of aryl methyl sites for hydroxylation is 2. The Morgan fingerprint density at radius 1 is 0.667 bits per heavy atom. The van der Waals surface area contributed by atoms with Crippen LogP contribution in [0, 0.1) is 13.8 Å². The molecule has 0 spiro atoms. The molecule has 1 radical (unpaired) electrons. The molecule has 6 aromatic carbocycles. The summed E-state index contributed by atoms with van der Waals surface area (Å²) >= 11 is 0. The van der Waals surface area contributed by atoms with Crippen LogP contribution in [-0.2, 0) is 0 Å². The van der Waals surface area contributed by atoms with Crippen LogP contribution >= 0.6 is 0 Å². The van der Waals surface area contributed by atoms with E-state index in [1.807, 2.05) is 6.07 Å². The molecule has 1 N–H and O–H groups in total. The van der Waals surface area contributed by atoms with E-state index < -0.39 is 0 Å². The molecule has 1 aliphatic rings. The second-order valence-electron chi connectivity index (χ2n) is 11.4. The van der Waals surface area contributed by atoms with Crippen LogP contribution < -0.4 is 16.2 Å². The number of fused-ring (bicyclic) bond motifs is 8. The Labute approximate surface area is 244 Å². The number of hydrogen-bond donors (Lipinski definition) is 1. The molecule has 0 unspecified atom stereocenters. The van der Waals surface area contributed by atoms with Crippen molar-refractivity contribution in [2.75, 3.05) is 5.32 Å². The van der Waals surface area contributed by atoms with E-state index in [2.05, 4.69) is 140 Å².